The summed E-state index contributed by atoms with van der Waals surface area (Å²) in [5.41, 5.74) is 0.821. The number of rotatable bonds is 6. The molecule has 0 aliphatic heterocycles. The van der Waals surface area contributed by atoms with E-state index in [1.54, 1.807) is 6.07 Å². The van der Waals surface area contributed by atoms with E-state index in [-0.39, 0.29) is 17.6 Å². The van der Waals surface area contributed by atoms with Crippen LogP contribution in [0, 0.1) is 0 Å². The minimum Gasteiger partial charge on any atom is -0.338 e. The van der Waals surface area contributed by atoms with Crippen molar-refractivity contribution in [2.24, 2.45) is 0 Å². The average Bonchev–Trinajstić information content (AvgIpc) is 3.04. The first-order valence-corrected chi connectivity index (χ1v) is 8.88. The highest BCUT2D eigenvalue weighted by molar-refractivity contribution is 8.03. The van der Waals surface area contributed by atoms with Crippen LogP contribution in [-0.4, -0.2) is 33.3 Å². The van der Waals surface area contributed by atoms with E-state index in [2.05, 4.69) is 20.7 Å². The molecule has 2 heterocycles. The van der Waals surface area contributed by atoms with Gasteiger partial charge in [-0.1, -0.05) is 53.9 Å². The van der Waals surface area contributed by atoms with Gasteiger partial charge in [-0.05, 0) is 12.2 Å². The van der Waals surface area contributed by atoms with E-state index in [0.717, 1.165) is 14.4 Å². The maximum absolute atomic E-state index is 11.8. The van der Waals surface area contributed by atoms with Crippen molar-refractivity contribution in [3.05, 3.63) is 11.8 Å². The highest BCUT2D eigenvalue weighted by atomic mass is 32.2. The molecule has 0 aromatic carbocycles. The minimum atomic E-state index is -0.151. The van der Waals surface area contributed by atoms with Crippen molar-refractivity contribution in [2.45, 2.75) is 28.4 Å². The van der Waals surface area contributed by atoms with Crippen LogP contribution < -0.4 is 5.32 Å². The van der Waals surface area contributed by atoms with Crippen molar-refractivity contribution in [1.82, 2.24) is 15.4 Å². The molecule has 0 saturated carbocycles. The summed E-state index contributed by atoms with van der Waals surface area (Å²) < 4.78 is 6.73. The molecule has 1 amide bonds. The molecule has 0 fully saturated rings. The van der Waals surface area contributed by atoms with E-state index < -0.39 is 0 Å². The third kappa shape index (κ3) is 4.22. The number of anilines is 1. The first-order valence-electron chi connectivity index (χ1n) is 5.85. The van der Waals surface area contributed by atoms with Gasteiger partial charge in [0.1, 0.15) is 0 Å². The Morgan fingerprint density at radius 3 is 2.80 bits per heavy atom. The SMILES string of the molecule is CSc1nnc(SCC(=O)Nc2cc(C(C)C)no2)s1. The maximum atomic E-state index is 11.8. The maximum Gasteiger partial charge on any atom is 0.237 e. The molecule has 0 unspecified atom stereocenters. The first kappa shape index (κ1) is 15.3. The van der Waals surface area contributed by atoms with Crippen LogP contribution in [0.1, 0.15) is 25.5 Å². The summed E-state index contributed by atoms with van der Waals surface area (Å²) in [4.78, 5) is 11.8. The van der Waals surface area contributed by atoms with E-state index >= 15 is 0 Å². The molecule has 2 aromatic heterocycles. The van der Waals surface area contributed by atoms with Gasteiger partial charge in [-0.2, -0.15) is 0 Å². The van der Waals surface area contributed by atoms with Crippen LogP contribution in [0.15, 0.2) is 19.3 Å². The molecule has 2 aromatic rings. The third-order valence-corrected chi connectivity index (χ3v) is 5.30. The molecule has 0 aliphatic rings. The largest absolute Gasteiger partial charge is 0.338 e. The van der Waals surface area contributed by atoms with Gasteiger partial charge in [0.05, 0.1) is 11.4 Å². The van der Waals surface area contributed by atoms with Gasteiger partial charge in [-0.3, -0.25) is 10.1 Å². The van der Waals surface area contributed by atoms with Crippen molar-refractivity contribution in [1.29, 1.82) is 0 Å². The average molecular weight is 330 g/mol. The number of hydrogen-bond acceptors (Lipinski definition) is 8. The fourth-order valence-electron chi connectivity index (χ4n) is 1.26. The lowest BCUT2D eigenvalue weighted by molar-refractivity contribution is -0.113. The Labute approximate surface area is 129 Å². The second kappa shape index (κ2) is 7.09. The molecule has 0 saturated heterocycles. The smallest absolute Gasteiger partial charge is 0.237 e. The van der Waals surface area contributed by atoms with Crippen LogP contribution in [0.4, 0.5) is 5.88 Å². The molecule has 0 atom stereocenters. The van der Waals surface area contributed by atoms with Crippen LogP contribution in [0.3, 0.4) is 0 Å². The van der Waals surface area contributed by atoms with E-state index in [4.69, 9.17) is 4.52 Å². The molecule has 0 bridgehead atoms. The molecule has 9 heteroatoms. The highest BCUT2D eigenvalue weighted by Crippen LogP contribution is 2.27. The van der Waals surface area contributed by atoms with Gasteiger partial charge >= 0.3 is 0 Å². The van der Waals surface area contributed by atoms with Gasteiger partial charge in [-0.15, -0.1) is 10.2 Å². The van der Waals surface area contributed by atoms with Gasteiger partial charge in [0.25, 0.3) is 0 Å². The summed E-state index contributed by atoms with van der Waals surface area (Å²) in [7, 11) is 0. The van der Waals surface area contributed by atoms with Crippen LogP contribution in [-0.2, 0) is 4.79 Å². The molecule has 0 spiro atoms. The lowest BCUT2D eigenvalue weighted by atomic mass is 10.1. The fraction of sp³-hybridized carbons (Fsp3) is 0.455. The number of carbonyl (C=O) groups excluding carboxylic acids is 1. The molecule has 6 nitrogen and oxygen atoms in total. The van der Waals surface area contributed by atoms with E-state index in [9.17, 15) is 4.79 Å². The van der Waals surface area contributed by atoms with Crippen molar-refractivity contribution in [3.8, 4) is 0 Å². The normalized spacial score (nSPS) is 11.0. The number of amides is 1. The number of nitrogens with zero attached hydrogens (tertiary/aromatic N) is 3. The van der Waals surface area contributed by atoms with E-state index in [1.165, 1.54) is 34.9 Å². The summed E-state index contributed by atoms with van der Waals surface area (Å²) >= 11 is 4.37. The summed E-state index contributed by atoms with van der Waals surface area (Å²) in [6, 6.07) is 1.74. The standard InChI is InChI=1S/C11H14N4O2S3/c1-6(2)7-4-9(17-15-7)12-8(16)5-19-11-14-13-10(18-3)20-11/h4,6H,5H2,1-3H3,(H,12,16). The molecule has 0 radical (unpaired) electrons. The lowest BCUT2D eigenvalue weighted by Crippen LogP contribution is -2.13. The number of carbonyl (C=O) groups is 1. The van der Waals surface area contributed by atoms with Crippen molar-refractivity contribution >= 4 is 46.7 Å². The second-order valence-corrected chi connectivity index (χ2v) is 7.40. The number of thioether (sulfide) groups is 2. The van der Waals surface area contributed by atoms with Gasteiger partial charge in [-0.25, -0.2) is 0 Å². The molecule has 2 rings (SSSR count). The quantitative estimate of drug-likeness (QED) is 0.815. The fourth-order valence-corrected chi connectivity index (χ4v) is 3.50. The Morgan fingerprint density at radius 2 is 2.20 bits per heavy atom. The van der Waals surface area contributed by atoms with Crippen molar-refractivity contribution in [3.63, 3.8) is 0 Å². The molecule has 0 aliphatic carbocycles. The topological polar surface area (TPSA) is 80.9 Å². The minimum absolute atomic E-state index is 0.151. The number of aromatic nitrogens is 3. The first-order chi connectivity index (χ1) is 9.58. The van der Waals surface area contributed by atoms with E-state index in [1.807, 2.05) is 20.1 Å². The van der Waals surface area contributed by atoms with Crippen LogP contribution in [0.25, 0.3) is 0 Å². The summed E-state index contributed by atoms with van der Waals surface area (Å²) in [5.74, 6) is 0.759. The zero-order valence-corrected chi connectivity index (χ0v) is 13.7. The summed E-state index contributed by atoms with van der Waals surface area (Å²) in [5, 5.41) is 14.5. The van der Waals surface area contributed by atoms with Crippen molar-refractivity contribution < 1.29 is 9.32 Å². The lowest BCUT2D eigenvalue weighted by Gasteiger charge is -1.98. The molecule has 108 valence electrons. The second-order valence-electron chi connectivity index (χ2n) is 4.15. The highest BCUT2D eigenvalue weighted by Gasteiger charge is 2.12. The van der Waals surface area contributed by atoms with Crippen molar-refractivity contribution in [2.75, 3.05) is 17.3 Å². The Balaban J connectivity index is 1.82. The predicted molar refractivity (Wildman–Crippen MR) is 81.6 cm³/mol. The Hall–Kier alpha value is -1.06. The summed E-state index contributed by atoms with van der Waals surface area (Å²) in [6.07, 6.45) is 1.94. The van der Waals surface area contributed by atoms with Crippen LogP contribution >= 0.6 is 34.9 Å². The van der Waals surface area contributed by atoms with E-state index in [0.29, 0.717) is 5.88 Å². The molecule has 20 heavy (non-hydrogen) atoms. The van der Waals surface area contributed by atoms with Crippen LogP contribution in [0.2, 0.25) is 0 Å². The van der Waals surface area contributed by atoms with Gasteiger partial charge < -0.3 is 4.52 Å². The Morgan fingerprint density at radius 1 is 1.45 bits per heavy atom. The predicted octanol–water partition coefficient (Wildman–Crippen LogP) is 3.10. The Bertz CT molecular complexity index is 582. The molecular formula is C11H14N4O2S3. The zero-order chi connectivity index (χ0) is 14.5. The Kier molecular flexibility index (Phi) is 5.44. The summed E-state index contributed by atoms with van der Waals surface area (Å²) in [6.45, 7) is 4.02. The van der Waals surface area contributed by atoms with Gasteiger partial charge in [0.2, 0.25) is 11.8 Å². The number of hydrogen-bond donors (Lipinski definition) is 1. The van der Waals surface area contributed by atoms with Gasteiger partial charge in [0, 0.05) is 6.07 Å². The number of nitrogens with one attached hydrogen (secondary N) is 1. The third-order valence-electron chi connectivity index (χ3n) is 2.27. The zero-order valence-electron chi connectivity index (χ0n) is 11.2. The molecular weight excluding hydrogens is 316 g/mol. The van der Waals surface area contributed by atoms with Crippen LogP contribution in [0.5, 0.6) is 0 Å². The van der Waals surface area contributed by atoms with Gasteiger partial charge in [0.15, 0.2) is 8.68 Å². The molecule has 1 N–H and O–H groups in total. The monoisotopic (exact) mass is 330 g/mol.